The lowest BCUT2D eigenvalue weighted by Gasteiger charge is -2.18. The zero-order chi connectivity index (χ0) is 13.7. The van der Waals surface area contributed by atoms with Gasteiger partial charge in [0.25, 0.3) is 5.91 Å². The average Bonchev–Trinajstić information content (AvgIpc) is 2.73. The molecule has 0 aliphatic carbocycles. The van der Waals surface area contributed by atoms with Gasteiger partial charge in [-0.2, -0.15) is 0 Å². The van der Waals surface area contributed by atoms with Gasteiger partial charge >= 0.3 is 0 Å². The lowest BCUT2D eigenvalue weighted by Crippen LogP contribution is -2.46. The quantitative estimate of drug-likeness (QED) is 0.770. The van der Waals surface area contributed by atoms with E-state index < -0.39 is 6.04 Å². The van der Waals surface area contributed by atoms with E-state index >= 15 is 0 Å². The molecular weight excluding hydrogens is 363 g/mol. The van der Waals surface area contributed by atoms with Crippen LogP contribution in [-0.4, -0.2) is 24.9 Å². The number of halogens is 1. The molecule has 0 bridgehead atoms. The summed E-state index contributed by atoms with van der Waals surface area (Å²) in [7, 11) is 1.58. The average molecular weight is 380 g/mol. The SMILES string of the molecule is CNC(=O)C(CC(C)C)NC(=O)c1csc(I)c1. The molecule has 2 N–H and O–H groups in total. The number of amides is 2. The summed E-state index contributed by atoms with van der Waals surface area (Å²) in [5, 5.41) is 7.16. The summed E-state index contributed by atoms with van der Waals surface area (Å²) < 4.78 is 1.05. The van der Waals surface area contributed by atoms with E-state index in [1.165, 1.54) is 11.3 Å². The van der Waals surface area contributed by atoms with E-state index in [4.69, 9.17) is 0 Å². The molecule has 6 heteroatoms. The molecule has 0 fully saturated rings. The fraction of sp³-hybridized carbons (Fsp3) is 0.500. The van der Waals surface area contributed by atoms with Crippen LogP contribution in [0.25, 0.3) is 0 Å². The summed E-state index contributed by atoms with van der Waals surface area (Å²) in [6, 6.07) is 1.34. The number of likely N-dealkylation sites (N-methyl/N-ethyl adjacent to an activating group) is 1. The second-order valence-corrected chi connectivity index (χ2v) is 7.21. The molecule has 2 amide bonds. The molecule has 0 radical (unpaired) electrons. The molecule has 1 heterocycles. The molecule has 1 aromatic heterocycles. The van der Waals surface area contributed by atoms with Crippen LogP contribution in [0.3, 0.4) is 0 Å². The molecule has 0 saturated heterocycles. The zero-order valence-electron chi connectivity index (χ0n) is 10.6. The number of carbonyl (C=O) groups is 2. The van der Waals surface area contributed by atoms with Crippen molar-refractivity contribution in [3.63, 3.8) is 0 Å². The van der Waals surface area contributed by atoms with Gasteiger partial charge in [0.2, 0.25) is 5.91 Å². The minimum Gasteiger partial charge on any atom is -0.357 e. The van der Waals surface area contributed by atoms with Crippen LogP contribution in [-0.2, 0) is 4.79 Å². The number of carbonyl (C=O) groups excluding carboxylic acids is 2. The van der Waals surface area contributed by atoms with Gasteiger partial charge in [-0.1, -0.05) is 13.8 Å². The standard InChI is InChI=1S/C12H17IN2O2S/c1-7(2)4-9(12(17)14-3)15-11(16)8-5-10(13)18-6-8/h5-7,9H,4H2,1-3H3,(H,14,17)(H,15,16). The van der Waals surface area contributed by atoms with Gasteiger partial charge in [0.05, 0.1) is 8.45 Å². The Balaban J connectivity index is 2.71. The van der Waals surface area contributed by atoms with Crippen LogP contribution in [0.2, 0.25) is 0 Å². The third-order valence-electron chi connectivity index (χ3n) is 2.40. The van der Waals surface area contributed by atoms with Gasteiger partial charge in [-0.15, -0.1) is 11.3 Å². The first-order valence-corrected chi connectivity index (χ1v) is 7.66. The van der Waals surface area contributed by atoms with Gasteiger partial charge in [0, 0.05) is 12.4 Å². The number of hydrogen-bond acceptors (Lipinski definition) is 3. The van der Waals surface area contributed by atoms with Crippen molar-refractivity contribution in [2.45, 2.75) is 26.3 Å². The second kappa shape index (κ2) is 7.08. The highest BCUT2D eigenvalue weighted by Gasteiger charge is 2.21. The maximum absolute atomic E-state index is 12.0. The summed E-state index contributed by atoms with van der Waals surface area (Å²) in [5.74, 6) is 0.000559. The highest BCUT2D eigenvalue weighted by atomic mass is 127. The number of hydrogen-bond donors (Lipinski definition) is 2. The zero-order valence-corrected chi connectivity index (χ0v) is 13.6. The Bertz CT molecular complexity index is 431. The Morgan fingerprint density at radius 2 is 2.11 bits per heavy atom. The first-order chi connectivity index (χ1) is 8.43. The maximum Gasteiger partial charge on any atom is 0.252 e. The highest BCUT2D eigenvalue weighted by molar-refractivity contribution is 14.1. The van der Waals surface area contributed by atoms with Crippen LogP contribution in [0.15, 0.2) is 11.4 Å². The highest BCUT2D eigenvalue weighted by Crippen LogP contribution is 2.17. The molecular formula is C12H17IN2O2S. The number of rotatable bonds is 5. The van der Waals surface area contributed by atoms with Gasteiger partial charge in [0.15, 0.2) is 0 Å². The first-order valence-electron chi connectivity index (χ1n) is 5.70. The Hall–Kier alpha value is -0.630. The van der Waals surface area contributed by atoms with Crippen LogP contribution in [0, 0.1) is 8.80 Å². The fourth-order valence-corrected chi connectivity index (χ4v) is 2.87. The summed E-state index contributed by atoms with van der Waals surface area (Å²) in [6.45, 7) is 4.05. The van der Waals surface area contributed by atoms with Crippen LogP contribution < -0.4 is 10.6 Å². The van der Waals surface area contributed by atoms with Crippen LogP contribution in [0.4, 0.5) is 0 Å². The van der Waals surface area contributed by atoms with Crippen molar-refractivity contribution in [2.24, 2.45) is 5.92 Å². The molecule has 0 aliphatic heterocycles. The molecule has 0 aliphatic rings. The Morgan fingerprint density at radius 3 is 2.56 bits per heavy atom. The first kappa shape index (κ1) is 15.4. The van der Waals surface area contributed by atoms with E-state index in [1.54, 1.807) is 12.4 Å². The lowest BCUT2D eigenvalue weighted by molar-refractivity contribution is -0.122. The predicted molar refractivity (Wildman–Crippen MR) is 81.8 cm³/mol. The minimum absolute atomic E-state index is 0.151. The van der Waals surface area contributed by atoms with Crippen LogP contribution in [0.1, 0.15) is 30.6 Å². The summed E-state index contributed by atoms with van der Waals surface area (Å²) in [6.07, 6.45) is 0.632. The lowest BCUT2D eigenvalue weighted by atomic mass is 10.0. The Labute approximate surface area is 125 Å². The van der Waals surface area contributed by atoms with Gasteiger partial charge < -0.3 is 10.6 Å². The molecule has 1 rings (SSSR count). The van der Waals surface area contributed by atoms with E-state index in [-0.39, 0.29) is 11.8 Å². The van der Waals surface area contributed by atoms with Crippen molar-refractivity contribution in [3.05, 3.63) is 19.9 Å². The topological polar surface area (TPSA) is 58.2 Å². The van der Waals surface area contributed by atoms with Crippen molar-refractivity contribution < 1.29 is 9.59 Å². The molecule has 0 saturated carbocycles. The Morgan fingerprint density at radius 1 is 1.44 bits per heavy atom. The molecule has 1 atom stereocenters. The van der Waals surface area contributed by atoms with Crippen molar-refractivity contribution in [3.8, 4) is 0 Å². The number of nitrogens with one attached hydrogen (secondary N) is 2. The molecule has 0 aromatic carbocycles. The van der Waals surface area contributed by atoms with Gasteiger partial charge in [-0.25, -0.2) is 0 Å². The summed E-state index contributed by atoms with van der Waals surface area (Å²) in [4.78, 5) is 23.7. The summed E-state index contributed by atoms with van der Waals surface area (Å²) in [5.41, 5.74) is 0.613. The van der Waals surface area contributed by atoms with Gasteiger partial charge in [-0.3, -0.25) is 9.59 Å². The third kappa shape index (κ3) is 4.56. The smallest absolute Gasteiger partial charge is 0.252 e. The molecule has 1 aromatic rings. The molecule has 18 heavy (non-hydrogen) atoms. The van der Waals surface area contributed by atoms with E-state index in [0.29, 0.717) is 17.9 Å². The van der Waals surface area contributed by atoms with Crippen molar-refractivity contribution >= 4 is 45.7 Å². The third-order valence-corrected chi connectivity index (χ3v) is 4.19. The minimum atomic E-state index is -0.472. The molecule has 1 unspecified atom stereocenters. The van der Waals surface area contributed by atoms with Gasteiger partial charge in [-0.05, 0) is 41.0 Å². The molecule has 100 valence electrons. The Kier molecular flexibility index (Phi) is 6.07. The predicted octanol–water partition coefficient (Wildman–Crippen LogP) is 2.24. The molecule has 0 spiro atoms. The van der Waals surface area contributed by atoms with Crippen molar-refractivity contribution in [2.75, 3.05) is 7.05 Å². The monoisotopic (exact) mass is 380 g/mol. The maximum atomic E-state index is 12.0. The van der Waals surface area contributed by atoms with E-state index in [2.05, 4.69) is 33.2 Å². The van der Waals surface area contributed by atoms with Crippen molar-refractivity contribution in [1.82, 2.24) is 10.6 Å². The van der Waals surface area contributed by atoms with E-state index in [9.17, 15) is 9.59 Å². The normalized spacial score (nSPS) is 12.3. The number of thiophene rings is 1. The van der Waals surface area contributed by atoms with E-state index in [0.717, 1.165) is 2.88 Å². The van der Waals surface area contributed by atoms with Gasteiger partial charge in [0.1, 0.15) is 6.04 Å². The fourth-order valence-electron chi connectivity index (χ4n) is 1.55. The van der Waals surface area contributed by atoms with Crippen LogP contribution >= 0.6 is 33.9 Å². The van der Waals surface area contributed by atoms with Crippen molar-refractivity contribution in [1.29, 1.82) is 0 Å². The van der Waals surface area contributed by atoms with Crippen LogP contribution in [0.5, 0.6) is 0 Å². The summed E-state index contributed by atoms with van der Waals surface area (Å²) >= 11 is 3.68. The largest absolute Gasteiger partial charge is 0.357 e. The van der Waals surface area contributed by atoms with E-state index in [1.807, 2.05) is 19.9 Å². The molecule has 4 nitrogen and oxygen atoms in total. The second-order valence-electron chi connectivity index (χ2n) is 4.41.